The SMILES string of the molecule is CCCCCC(=O)OCCOCCOCCOCCOCCOCCOCCOCCOCCOCCOC(=O)CCC. The lowest BCUT2D eigenvalue weighted by Crippen LogP contribution is -2.15. The minimum Gasteiger partial charge on any atom is -0.463 e. The van der Waals surface area contributed by atoms with Crippen molar-refractivity contribution >= 4 is 11.9 Å². The van der Waals surface area contributed by atoms with Crippen LogP contribution >= 0.6 is 0 Å². The molecule has 0 aliphatic carbocycles. The van der Waals surface area contributed by atoms with Crippen molar-refractivity contribution in [3.8, 4) is 0 Å². The molecule has 0 radical (unpaired) electrons. The molecule has 0 unspecified atom stereocenters. The Morgan fingerprint density at radius 1 is 0.326 bits per heavy atom. The molecular weight excluding hydrogens is 568 g/mol. The maximum Gasteiger partial charge on any atom is 0.305 e. The third kappa shape index (κ3) is 36.7. The second-order valence-electron chi connectivity index (χ2n) is 9.16. The summed E-state index contributed by atoms with van der Waals surface area (Å²) in [6.07, 6.45) is 4.71. The Hall–Kier alpha value is -1.42. The van der Waals surface area contributed by atoms with Gasteiger partial charge in [0.2, 0.25) is 0 Å². The van der Waals surface area contributed by atoms with E-state index in [1.165, 1.54) is 0 Å². The molecule has 0 aliphatic heterocycles. The molecule has 0 heterocycles. The van der Waals surface area contributed by atoms with E-state index in [2.05, 4.69) is 6.92 Å². The van der Waals surface area contributed by atoms with Crippen molar-refractivity contribution in [3.63, 3.8) is 0 Å². The Bertz CT molecular complexity index is 580. The summed E-state index contributed by atoms with van der Waals surface area (Å²) in [6, 6.07) is 0. The van der Waals surface area contributed by atoms with Gasteiger partial charge in [0.1, 0.15) is 13.2 Å². The first-order valence-corrected chi connectivity index (χ1v) is 15.7. The van der Waals surface area contributed by atoms with E-state index in [1.54, 1.807) is 0 Å². The molecule has 0 saturated heterocycles. The largest absolute Gasteiger partial charge is 0.463 e. The monoisotopic (exact) mass is 626 g/mol. The van der Waals surface area contributed by atoms with Crippen LogP contribution in [-0.2, 0) is 61.7 Å². The number of hydrogen-bond donors (Lipinski definition) is 0. The van der Waals surface area contributed by atoms with Gasteiger partial charge in [-0.2, -0.15) is 0 Å². The van der Waals surface area contributed by atoms with Crippen molar-refractivity contribution < 1.29 is 61.7 Å². The van der Waals surface area contributed by atoms with Gasteiger partial charge in [-0.3, -0.25) is 9.59 Å². The average molecular weight is 627 g/mol. The quantitative estimate of drug-likeness (QED) is 0.0745. The lowest BCUT2D eigenvalue weighted by molar-refractivity contribution is -0.146. The maximum atomic E-state index is 11.4. The van der Waals surface area contributed by atoms with E-state index in [4.69, 9.17) is 52.1 Å². The smallest absolute Gasteiger partial charge is 0.305 e. The summed E-state index contributed by atoms with van der Waals surface area (Å²) >= 11 is 0. The van der Waals surface area contributed by atoms with Gasteiger partial charge in [-0.25, -0.2) is 0 Å². The number of esters is 2. The number of hydrogen-bond acceptors (Lipinski definition) is 13. The fraction of sp³-hybridized carbons (Fsp3) is 0.933. The molecule has 0 aromatic rings. The van der Waals surface area contributed by atoms with Gasteiger partial charge >= 0.3 is 11.9 Å². The molecule has 0 spiro atoms. The van der Waals surface area contributed by atoms with Gasteiger partial charge in [0.15, 0.2) is 0 Å². The van der Waals surface area contributed by atoms with Crippen molar-refractivity contribution in [2.45, 2.75) is 52.4 Å². The van der Waals surface area contributed by atoms with E-state index in [0.717, 1.165) is 25.7 Å². The van der Waals surface area contributed by atoms with Crippen LogP contribution in [0.25, 0.3) is 0 Å². The van der Waals surface area contributed by atoms with Crippen molar-refractivity contribution in [2.24, 2.45) is 0 Å². The van der Waals surface area contributed by atoms with Crippen LogP contribution < -0.4 is 0 Å². The van der Waals surface area contributed by atoms with Gasteiger partial charge in [0.25, 0.3) is 0 Å². The first kappa shape index (κ1) is 41.6. The second-order valence-corrected chi connectivity index (χ2v) is 9.16. The van der Waals surface area contributed by atoms with Gasteiger partial charge in [-0.15, -0.1) is 0 Å². The molecule has 256 valence electrons. The van der Waals surface area contributed by atoms with E-state index >= 15 is 0 Å². The topological polar surface area (TPSA) is 136 Å². The van der Waals surface area contributed by atoms with Crippen molar-refractivity contribution in [1.82, 2.24) is 0 Å². The van der Waals surface area contributed by atoms with Crippen LogP contribution in [0.1, 0.15) is 52.4 Å². The summed E-state index contributed by atoms with van der Waals surface area (Å²) in [5, 5.41) is 0. The Labute approximate surface area is 258 Å². The van der Waals surface area contributed by atoms with Crippen LogP contribution in [0.3, 0.4) is 0 Å². The fourth-order valence-electron chi connectivity index (χ4n) is 3.16. The van der Waals surface area contributed by atoms with Gasteiger partial charge < -0.3 is 52.1 Å². The molecule has 0 amide bonds. The molecule has 13 nitrogen and oxygen atoms in total. The van der Waals surface area contributed by atoms with Gasteiger partial charge in [-0.1, -0.05) is 26.7 Å². The molecule has 13 heteroatoms. The highest BCUT2D eigenvalue weighted by Crippen LogP contribution is 2.00. The van der Waals surface area contributed by atoms with Crippen molar-refractivity contribution in [1.29, 1.82) is 0 Å². The Morgan fingerprint density at radius 2 is 0.581 bits per heavy atom. The standard InChI is InChI=1S/C30H58O13/c1-3-5-6-8-30(32)43-28-26-41-24-22-39-20-18-37-16-14-35-12-10-33-9-11-34-13-15-36-17-19-38-21-23-40-25-27-42-29(31)7-4-2/h3-28H2,1-2H3. The van der Waals surface area contributed by atoms with Crippen LogP contribution in [0, 0.1) is 0 Å². The number of carbonyl (C=O) groups is 2. The lowest BCUT2D eigenvalue weighted by Gasteiger charge is -2.09. The van der Waals surface area contributed by atoms with Crippen LogP contribution in [0.5, 0.6) is 0 Å². The average Bonchev–Trinajstić information content (AvgIpc) is 3.00. The maximum absolute atomic E-state index is 11.4. The minimum absolute atomic E-state index is 0.162. The summed E-state index contributed by atoms with van der Waals surface area (Å²) in [5.41, 5.74) is 0. The van der Waals surface area contributed by atoms with Crippen LogP contribution in [0.2, 0.25) is 0 Å². The minimum atomic E-state index is -0.190. The zero-order valence-corrected chi connectivity index (χ0v) is 26.7. The Kier molecular flexibility index (Phi) is 35.6. The third-order valence-electron chi connectivity index (χ3n) is 5.40. The molecule has 0 N–H and O–H groups in total. The molecule has 0 aromatic carbocycles. The van der Waals surface area contributed by atoms with E-state index in [0.29, 0.717) is 132 Å². The number of rotatable bonds is 36. The summed E-state index contributed by atoms with van der Waals surface area (Å²) in [6.45, 7) is 13.0. The molecule has 0 bridgehead atoms. The van der Waals surface area contributed by atoms with E-state index in [-0.39, 0.29) is 25.2 Å². The molecule has 0 rings (SSSR count). The van der Waals surface area contributed by atoms with Crippen molar-refractivity contribution in [2.75, 3.05) is 132 Å². The molecule has 43 heavy (non-hydrogen) atoms. The molecule has 0 saturated carbocycles. The zero-order chi connectivity index (χ0) is 31.3. The predicted octanol–water partition coefficient (Wildman–Crippen LogP) is 2.60. The highest BCUT2D eigenvalue weighted by atomic mass is 16.6. The van der Waals surface area contributed by atoms with E-state index in [1.807, 2.05) is 6.92 Å². The number of unbranched alkanes of at least 4 members (excludes halogenated alkanes) is 2. The zero-order valence-electron chi connectivity index (χ0n) is 26.7. The molecule has 0 aromatic heterocycles. The fourth-order valence-corrected chi connectivity index (χ4v) is 3.16. The number of carbonyl (C=O) groups excluding carboxylic acids is 2. The Balaban J connectivity index is 3.09. The highest BCUT2D eigenvalue weighted by molar-refractivity contribution is 5.69. The van der Waals surface area contributed by atoms with Crippen LogP contribution in [-0.4, -0.2) is 144 Å². The highest BCUT2D eigenvalue weighted by Gasteiger charge is 2.02. The summed E-state index contributed by atoms with van der Waals surface area (Å²) < 4.78 is 58.8. The van der Waals surface area contributed by atoms with Gasteiger partial charge in [0.05, 0.1) is 119 Å². The van der Waals surface area contributed by atoms with Crippen LogP contribution in [0.15, 0.2) is 0 Å². The number of ether oxygens (including phenoxy) is 11. The second kappa shape index (κ2) is 36.8. The van der Waals surface area contributed by atoms with Gasteiger partial charge in [0, 0.05) is 12.8 Å². The summed E-state index contributed by atoms with van der Waals surface area (Å²) in [7, 11) is 0. The molecule has 0 atom stereocenters. The molecule has 0 aliphatic rings. The van der Waals surface area contributed by atoms with Crippen LogP contribution in [0.4, 0.5) is 0 Å². The summed E-state index contributed by atoms with van der Waals surface area (Å²) in [5.74, 6) is -0.352. The normalized spacial score (nSPS) is 11.2. The van der Waals surface area contributed by atoms with Crippen molar-refractivity contribution in [3.05, 3.63) is 0 Å². The predicted molar refractivity (Wildman–Crippen MR) is 158 cm³/mol. The van der Waals surface area contributed by atoms with Gasteiger partial charge in [-0.05, 0) is 12.8 Å². The lowest BCUT2D eigenvalue weighted by atomic mass is 10.2. The third-order valence-corrected chi connectivity index (χ3v) is 5.40. The van der Waals surface area contributed by atoms with E-state index in [9.17, 15) is 9.59 Å². The molecule has 0 fully saturated rings. The first-order valence-electron chi connectivity index (χ1n) is 15.7. The Morgan fingerprint density at radius 3 is 0.837 bits per heavy atom. The van der Waals surface area contributed by atoms with E-state index < -0.39 is 0 Å². The summed E-state index contributed by atoms with van der Waals surface area (Å²) in [4.78, 5) is 22.6. The first-order chi connectivity index (χ1) is 21.2. The molecular formula is C30H58O13.